The molecule has 116 valence electrons. The summed E-state index contributed by atoms with van der Waals surface area (Å²) in [5, 5.41) is 15.4. The number of hydrogen-bond donors (Lipinski definition) is 3. The second-order valence-electron chi connectivity index (χ2n) is 6.10. The molecule has 0 radical (unpaired) electrons. The molecule has 0 aliphatic heterocycles. The molecule has 0 heterocycles. The Bertz CT molecular complexity index is 490. The molecule has 1 rings (SSSR count). The van der Waals surface area contributed by atoms with Gasteiger partial charge in [-0.1, -0.05) is 18.2 Å². The van der Waals surface area contributed by atoms with Gasteiger partial charge in [-0.2, -0.15) is 0 Å². The summed E-state index contributed by atoms with van der Waals surface area (Å²) < 4.78 is 0. The Balaban J connectivity index is 2.40. The fraction of sp³-hybridized carbons (Fsp3) is 0.500. The average molecular weight is 292 g/mol. The fourth-order valence-corrected chi connectivity index (χ4v) is 1.55. The van der Waals surface area contributed by atoms with Gasteiger partial charge in [0.1, 0.15) is 0 Å². The number of amides is 2. The zero-order valence-corrected chi connectivity index (χ0v) is 13.1. The summed E-state index contributed by atoms with van der Waals surface area (Å²) in [6.45, 7) is 7.05. The highest BCUT2D eigenvalue weighted by atomic mass is 16.3. The third kappa shape index (κ3) is 5.19. The first kappa shape index (κ1) is 17.2. The predicted octanol–water partition coefficient (Wildman–Crippen LogP) is 1.47. The van der Waals surface area contributed by atoms with Crippen LogP contribution < -0.4 is 10.6 Å². The zero-order chi connectivity index (χ0) is 16.1. The number of carbonyl (C=O) groups excluding carboxylic acids is 2. The summed E-state index contributed by atoms with van der Waals surface area (Å²) >= 11 is 0. The molecule has 1 aromatic rings. The number of nitrogens with one attached hydrogen (secondary N) is 2. The van der Waals surface area contributed by atoms with E-state index in [0.717, 1.165) is 0 Å². The lowest BCUT2D eigenvalue weighted by molar-refractivity contribution is -0.126. The fourth-order valence-electron chi connectivity index (χ4n) is 1.55. The van der Waals surface area contributed by atoms with E-state index in [1.807, 2.05) is 6.07 Å². The van der Waals surface area contributed by atoms with Gasteiger partial charge in [0.15, 0.2) is 0 Å². The van der Waals surface area contributed by atoms with Crippen LogP contribution in [0.4, 0.5) is 0 Å². The lowest BCUT2D eigenvalue weighted by Crippen LogP contribution is -2.58. The van der Waals surface area contributed by atoms with Crippen LogP contribution in [0.5, 0.6) is 0 Å². The van der Waals surface area contributed by atoms with Crippen molar-refractivity contribution in [2.24, 2.45) is 0 Å². The summed E-state index contributed by atoms with van der Waals surface area (Å²) in [6, 6.07) is 8.84. The highest BCUT2D eigenvalue weighted by Crippen LogP contribution is 2.20. The maximum absolute atomic E-state index is 11.8. The smallest absolute Gasteiger partial charge is 0.251 e. The van der Waals surface area contributed by atoms with E-state index in [9.17, 15) is 14.7 Å². The normalized spacial score (nSPS) is 11.9. The SMILES string of the molecule is CC(C)(O)C(C)(C)NC(=O)CCNC(=O)c1ccccc1. The van der Waals surface area contributed by atoms with Gasteiger partial charge in [0.2, 0.25) is 5.91 Å². The van der Waals surface area contributed by atoms with Crippen molar-refractivity contribution < 1.29 is 14.7 Å². The topological polar surface area (TPSA) is 78.4 Å². The molecule has 21 heavy (non-hydrogen) atoms. The molecular formula is C16H24N2O3. The third-order valence-electron chi connectivity index (χ3n) is 3.66. The van der Waals surface area contributed by atoms with Gasteiger partial charge < -0.3 is 15.7 Å². The highest BCUT2D eigenvalue weighted by molar-refractivity contribution is 5.94. The van der Waals surface area contributed by atoms with Gasteiger partial charge in [-0.3, -0.25) is 9.59 Å². The molecule has 2 amide bonds. The van der Waals surface area contributed by atoms with Crippen LogP contribution in [0.1, 0.15) is 44.5 Å². The molecule has 5 nitrogen and oxygen atoms in total. The van der Waals surface area contributed by atoms with Crippen molar-refractivity contribution in [3.05, 3.63) is 35.9 Å². The average Bonchev–Trinajstić information content (AvgIpc) is 2.37. The van der Waals surface area contributed by atoms with Gasteiger partial charge in [0.25, 0.3) is 5.91 Å². The van der Waals surface area contributed by atoms with Crippen LogP contribution in [0.2, 0.25) is 0 Å². The van der Waals surface area contributed by atoms with Crippen LogP contribution in [-0.2, 0) is 4.79 Å². The van der Waals surface area contributed by atoms with Crippen LogP contribution in [-0.4, -0.2) is 34.6 Å². The van der Waals surface area contributed by atoms with Crippen molar-refractivity contribution in [3.63, 3.8) is 0 Å². The van der Waals surface area contributed by atoms with Crippen LogP contribution in [0, 0.1) is 0 Å². The van der Waals surface area contributed by atoms with Gasteiger partial charge in [0.05, 0.1) is 11.1 Å². The van der Waals surface area contributed by atoms with E-state index < -0.39 is 11.1 Å². The molecule has 0 unspecified atom stereocenters. The van der Waals surface area contributed by atoms with E-state index in [1.165, 1.54) is 0 Å². The van der Waals surface area contributed by atoms with E-state index in [1.54, 1.807) is 52.0 Å². The monoisotopic (exact) mass is 292 g/mol. The maximum Gasteiger partial charge on any atom is 0.251 e. The Morgan fingerprint density at radius 3 is 2.19 bits per heavy atom. The zero-order valence-electron chi connectivity index (χ0n) is 13.1. The molecule has 0 saturated carbocycles. The van der Waals surface area contributed by atoms with Crippen molar-refractivity contribution in [3.8, 4) is 0 Å². The molecule has 0 atom stereocenters. The molecule has 3 N–H and O–H groups in total. The van der Waals surface area contributed by atoms with E-state index >= 15 is 0 Å². The van der Waals surface area contributed by atoms with E-state index in [0.29, 0.717) is 5.56 Å². The first-order valence-corrected chi connectivity index (χ1v) is 7.00. The maximum atomic E-state index is 11.8. The third-order valence-corrected chi connectivity index (χ3v) is 3.66. The minimum absolute atomic E-state index is 0.165. The molecule has 0 aliphatic carbocycles. The number of carbonyl (C=O) groups is 2. The molecule has 0 aliphatic rings. The Morgan fingerprint density at radius 2 is 1.67 bits per heavy atom. The lowest BCUT2D eigenvalue weighted by atomic mass is 9.86. The Morgan fingerprint density at radius 1 is 1.10 bits per heavy atom. The predicted molar refractivity (Wildman–Crippen MR) is 81.9 cm³/mol. The quantitative estimate of drug-likeness (QED) is 0.743. The highest BCUT2D eigenvalue weighted by Gasteiger charge is 2.36. The van der Waals surface area contributed by atoms with Gasteiger partial charge in [-0.05, 0) is 39.8 Å². The largest absolute Gasteiger partial charge is 0.388 e. The van der Waals surface area contributed by atoms with E-state index in [4.69, 9.17) is 0 Å². The molecule has 0 saturated heterocycles. The molecule has 5 heteroatoms. The van der Waals surface area contributed by atoms with Gasteiger partial charge in [-0.25, -0.2) is 0 Å². The number of rotatable bonds is 6. The molecule has 0 fully saturated rings. The first-order valence-electron chi connectivity index (χ1n) is 7.00. The second kappa shape index (κ2) is 6.72. The van der Waals surface area contributed by atoms with Crippen molar-refractivity contribution in [1.29, 1.82) is 0 Å². The van der Waals surface area contributed by atoms with E-state index in [-0.39, 0.29) is 24.8 Å². The number of benzene rings is 1. The second-order valence-corrected chi connectivity index (χ2v) is 6.10. The summed E-state index contributed by atoms with van der Waals surface area (Å²) in [5.41, 5.74) is -1.21. The minimum atomic E-state index is -1.03. The number of aliphatic hydroxyl groups is 1. The summed E-state index contributed by atoms with van der Waals surface area (Å²) in [5.74, 6) is -0.416. The summed E-state index contributed by atoms with van der Waals surface area (Å²) in [6.07, 6.45) is 0.165. The van der Waals surface area contributed by atoms with Gasteiger partial charge >= 0.3 is 0 Å². The van der Waals surface area contributed by atoms with Gasteiger partial charge in [0, 0.05) is 18.5 Å². The molecule has 0 aromatic heterocycles. The molecule has 0 spiro atoms. The molecule has 0 bridgehead atoms. The van der Waals surface area contributed by atoms with Gasteiger partial charge in [-0.15, -0.1) is 0 Å². The summed E-state index contributed by atoms with van der Waals surface area (Å²) in [7, 11) is 0. The number of hydrogen-bond acceptors (Lipinski definition) is 3. The van der Waals surface area contributed by atoms with Crippen LogP contribution in [0.3, 0.4) is 0 Å². The molecular weight excluding hydrogens is 268 g/mol. The Labute approximate surface area is 125 Å². The van der Waals surface area contributed by atoms with Crippen molar-refractivity contribution in [1.82, 2.24) is 10.6 Å². The Kier molecular flexibility index (Phi) is 5.49. The van der Waals surface area contributed by atoms with Crippen LogP contribution in [0.15, 0.2) is 30.3 Å². The van der Waals surface area contributed by atoms with Crippen molar-refractivity contribution in [2.45, 2.75) is 45.3 Å². The van der Waals surface area contributed by atoms with Crippen molar-refractivity contribution in [2.75, 3.05) is 6.54 Å². The standard InChI is InChI=1S/C16H24N2O3/c1-15(2,16(3,4)21)18-13(19)10-11-17-14(20)12-8-6-5-7-9-12/h5-9,21H,10-11H2,1-4H3,(H,17,20)(H,18,19). The lowest BCUT2D eigenvalue weighted by Gasteiger charge is -2.38. The van der Waals surface area contributed by atoms with Crippen LogP contribution >= 0.6 is 0 Å². The first-order chi connectivity index (χ1) is 9.63. The van der Waals surface area contributed by atoms with Crippen LogP contribution in [0.25, 0.3) is 0 Å². The summed E-state index contributed by atoms with van der Waals surface area (Å²) in [4.78, 5) is 23.6. The molecule has 1 aromatic carbocycles. The Hall–Kier alpha value is -1.88. The minimum Gasteiger partial charge on any atom is -0.388 e. The van der Waals surface area contributed by atoms with E-state index in [2.05, 4.69) is 10.6 Å². The van der Waals surface area contributed by atoms with Crippen molar-refractivity contribution >= 4 is 11.8 Å².